The quantitative estimate of drug-likeness (QED) is 0.800. The van der Waals surface area contributed by atoms with Gasteiger partial charge in [-0.05, 0) is 25.0 Å². The third-order valence-corrected chi connectivity index (χ3v) is 3.97. The van der Waals surface area contributed by atoms with Crippen molar-refractivity contribution in [1.82, 2.24) is 4.98 Å². The zero-order valence-corrected chi connectivity index (χ0v) is 11.9. The van der Waals surface area contributed by atoms with Crippen molar-refractivity contribution in [2.45, 2.75) is 31.7 Å². The van der Waals surface area contributed by atoms with E-state index >= 15 is 0 Å². The molecule has 0 aliphatic heterocycles. The molecule has 0 bridgehead atoms. The summed E-state index contributed by atoms with van der Waals surface area (Å²) in [5, 5.41) is 0.947. The number of benzene rings is 1. The van der Waals surface area contributed by atoms with Crippen LogP contribution in [0.2, 0.25) is 0 Å². The van der Waals surface area contributed by atoms with E-state index in [1.165, 1.54) is 25.7 Å². The predicted octanol–water partition coefficient (Wildman–Crippen LogP) is 3.97. The van der Waals surface area contributed by atoms with Crippen molar-refractivity contribution in [3.8, 4) is 0 Å². The molecule has 0 N–H and O–H groups in total. The van der Waals surface area contributed by atoms with Crippen LogP contribution in [0.4, 0.5) is 6.01 Å². The van der Waals surface area contributed by atoms with Gasteiger partial charge in [-0.25, -0.2) is 0 Å². The first kappa shape index (κ1) is 12.0. The zero-order chi connectivity index (χ0) is 12.4. The van der Waals surface area contributed by atoms with E-state index in [1.807, 2.05) is 24.3 Å². The summed E-state index contributed by atoms with van der Waals surface area (Å²) >= 11 is 3.53. The number of aromatic nitrogens is 1. The Labute approximate surface area is 115 Å². The van der Waals surface area contributed by atoms with Crippen molar-refractivity contribution in [2.24, 2.45) is 0 Å². The van der Waals surface area contributed by atoms with Crippen LogP contribution in [0.25, 0.3) is 11.1 Å². The molecule has 4 heteroatoms. The van der Waals surface area contributed by atoms with Gasteiger partial charge in [-0.15, -0.1) is 0 Å². The van der Waals surface area contributed by atoms with Crippen molar-refractivity contribution in [1.29, 1.82) is 0 Å². The fourth-order valence-electron chi connectivity index (χ4n) is 2.72. The van der Waals surface area contributed by atoms with Gasteiger partial charge in [0.25, 0.3) is 6.01 Å². The molecule has 1 aromatic heterocycles. The minimum absolute atomic E-state index is 0.593. The summed E-state index contributed by atoms with van der Waals surface area (Å²) in [6.45, 7) is 0.956. The van der Waals surface area contributed by atoms with E-state index in [0.29, 0.717) is 6.04 Å². The van der Waals surface area contributed by atoms with Crippen LogP contribution in [0.3, 0.4) is 0 Å². The molecular formula is C14H17BrN2O. The molecule has 1 fully saturated rings. The lowest BCUT2D eigenvalue weighted by Crippen LogP contribution is -2.35. The maximum atomic E-state index is 5.89. The van der Waals surface area contributed by atoms with Crippen LogP contribution in [0.5, 0.6) is 0 Å². The largest absolute Gasteiger partial charge is 0.423 e. The SMILES string of the molecule is BrCCN(c1nc2ccccc2o1)C1CCCC1. The van der Waals surface area contributed by atoms with Crippen molar-refractivity contribution in [2.75, 3.05) is 16.8 Å². The molecule has 0 amide bonds. The van der Waals surface area contributed by atoms with Crippen LogP contribution < -0.4 is 4.90 Å². The third-order valence-electron chi connectivity index (χ3n) is 3.62. The highest BCUT2D eigenvalue weighted by molar-refractivity contribution is 9.09. The number of fused-ring (bicyclic) bond motifs is 1. The van der Waals surface area contributed by atoms with Gasteiger partial charge in [0.2, 0.25) is 0 Å². The van der Waals surface area contributed by atoms with E-state index in [2.05, 4.69) is 25.8 Å². The molecule has 1 aliphatic rings. The number of anilines is 1. The molecule has 0 atom stereocenters. The second-order valence-corrected chi connectivity index (χ2v) is 5.58. The lowest BCUT2D eigenvalue weighted by atomic mass is 10.2. The Balaban J connectivity index is 1.92. The summed E-state index contributed by atoms with van der Waals surface area (Å²) in [6.07, 6.45) is 5.16. The molecule has 1 aromatic carbocycles. The minimum atomic E-state index is 0.593. The van der Waals surface area contributed by atoms with E-state index < -0.39 is 0 Å². The Morgan fingerprint density at radius 3 is 2.78 bits per heavy atom. The molecule has 0 radical (unpaired) electrons. The molecule has 3 rings (SSSR count). The molecule has 2 aromatic rings. The van der Waals surface area contributed by atoms with Crippen molar-refractivity contribution in [3.63, 3.8) is 0 Å². The Kier molecular flexibility index (Phi) is 3.55. The number of oxazole rings is 1. The predicted molar refractivity (Wildman–Crippen MR) is 77.4 cm³/mol. The van der Waals surface area contributed by atoms with Crippen LogP contribution in [-0.2, 0) is 0 Å². The van der Waals surface area contributed by atoms with Gasteiger partial charge in [-0.2, -0.15) is 4.98 Å². The summed E-state index contributed by atoms with van der Waals surface area (Å²) in [5.74, 6) is 0. The fraction of sp³-hybridized carbons (Fsp3) is 0.500. The van der Waals surface area contributed by atoms with Crippen LogP contribution in [0.15, 0.2) is 28.7 Å². The second kappa shape index (κ2) is 5.31. The van der Waals surface area contributed by atoms with Crippen molar-refractivity contribution >= 4 is 33.0 Å². The van der Waals surface area contributed by atoms with Gasteiger partial charge in [0.15, 0.2) is 5.58 Å². The fourth-order valence-corrected chi connectivity index (χ4v) is 3.11. The standard InChI is InChI=1S/C14H17BrN2O/c15-9-10-17(11-5-1-2-6-11)14-16-12-7-3-4-8-13(12)18-14/h3-4,7-8,11H,1-2,5-6,9-10H2. The van der Waals surface area contributed by atoms with Crippen LogP contribution in [0, 0.1) is 0 Å². The Morgan fingerprint density at radius 1 is 1.28 bits per heavy atom. The monoisotopic (exact) mass is 308 g/mol. The minimum Gasteiger partial charge on any atom is -0.423 e. The molecule has 1 saturated carbocycles. The summed E-state index contributed by atoms with van der Waals surface area (Å²) in [7, 11) is 0. The smallest absolute Gasteiger partial charge is 0.298 e. The second-order valence-electron chi connectivity index (χ2n) is 4.78. The van der Waals surface area contributed by atoms with E-state index in [9.17, 15) is 0 Å². The van der Waals surface area contributed by atoms with E-state index in [4.69, 9.17) is 4.42 Å². The molecule has 0 unspecified atom stereocenters. The third kappa shape index (κ3) is 2.26. The first-order valence-corrected chi connectivity index (χ1v) is 7.69. The number of nitrogens with zero attached hydrogens (tertiary/aromatic N) is 2. The van der Waals surface area contributed by atoms with Gasteiger partial charge >= 0.3 is 0 Å². The number of hydrogen-bond acceptors (Lipinski definition) is 3. The summed E-state index contributed by atoms with van der Waals surface area (Å²) < 4.78 is 5.89. The maximum Gasteiger partial charge on any atom is 0.298 e. The van der Waals surface area contributed by atoms with Crippen molar-refractivity contribution < 1.29 is 4.42 Å². The number of hydrogen-bond donors (Lipinski definition) is 0. The van der Waals surface area contributed by atoms with Gasteiger partial charge < -0.3 is 9.32 Å². The highest BCUT2D eigenvalue weighted by atomic mass is 79.9. The maximum absolute atomic E-state index is 5.89. The summed E-state index contributed by atoms with van der Waals surface area (Å²) in [4.78, 5) is 6.94. The van der Waals surface area contributed by atoms with E-state index in [0.717, 1.165) is 29.0 Å². The van der Waals surface area contributed by atoms with Gasteiger partial charge in [-0.1, -0.05) is 40.9 Å². The van der Waals surface area contributed by atoms with Crippen LogP contribution in [0.1, 0.15) is 25.7 Å². The van der Waals surface area contributed by atoms with Gasteiger partial charge in [0.05, 0.1) is 0 Å². The van der Waals surface area contributed by atoms with Gasteiger partial charge in [0.1, 0.15) is 5.52 Å². The normalized spacial score (nSPS) is 16.5. The Hall–Kier alpha value is -1.03. The summed E-state index contributed by atoms with van der Waals surface area (Å²) in [6, 6.07) is 9.34. The number of halogens is 1. The molecule has 18 heavy (non-hydrogen) atoms. The zero-order valence-electron chi connectivity index (χ0n) is 10.3. The molecule has 3 nitrogen and oxygen atoms in total. The number of para-hydroxylation sites is 2. The van der Waals surface area contributed by atoms with Crippen LogP contribution in [-0.4, -0.2) is 22.9 Å². The lowest BCUT2D eigenvalue weighted by Gasteiger charge is -2.26. The van der Waals surface area contributed by atoms with Crippen LogP contribution >= 0.6 is 15.9 Å². The Bertz CT molecular complexity index is 486. The molecule has 96 valence electrons. The molecule has 0 saturated heterocycles. The number of alkyl halides is 1. The summed E-state index contributed by atoms with van der Waals surface area (Å²) in [5.41, 5.74) is 1.83. The number of rotatable bonds is 4. The van der Waals surface area contributed by atoms with E-state index in [-0.39, 0.29) is 0 Å². The van der Waals surface area contributed by atoms with Gasteiger partial charge in [-0.3, -0.25) is 0 Å². The molecule has 0 spiro atoms. The Morgan fingerprint density at radius 2 is 2.06 bits per heavy atom. The first-order valence-electron chi connectivity index (χ1n) is 6.56. The average Bonchev–Trinajstić information content (AvgIpc) is 3.04. The topological polar surface area (TPSA) is 29.3 Å². The molecule has 1 heterocycles. The average molecular weight is 309 g/mol. The first-order chi connectivity index (χ1) is 8.88. The lowest BCUT2D eigenvalue weighted by molar-refractivity contribution is 0.520. The molecule has 1 aliphatic carbocycles. The van der Waals surface area contributed by atoms with Gasteiger partial charge in [0, 0.05) is 17.9 Å². The highest BCUT2D eigenvalue weighted by Crippen LogP contribution is 2.29. The van der Waals surface area contributed by atoms with E-state index in [1.54, 1.807) is 0 Å². The van der Waals surface area contributed by atoms with Crippen molar-refractivity contribution in [3.05, 3.63) is 24.3 Å². The molecular weight excluding hydrogens is 292 g/mol. The highest BCUT2D eigenvalue weighted by Gasteiger charge is 2.25.